The van der Waals surface area contributed by atoms with Crippen LogP contribution in [0.25, 0.3) is 11.8 Å². The van der Waals surface area contributed by atoms with Crippen LogP contribution >= 0.6 is 11.6 Å². The highest BCUT2D eigenvalue weighted by molar-refractivity contribution is 7.90. The number of fused-ring (bicyclic) bond motifs is 1. The quantitative estimate of drug-likeness (QED) is 0.549. The van der Waals surface area contributed by atoms with Gasteiger partial charge in [-0.3, -0.25) is 4.79 Å². The normalized spacial score (nSPS) is 14.3. The molecule has 3 aromatic rings. The van der Waals surface area contributed by atoms with Gasteiger partial charge in [-0.2, -0.15) is 5.10 Å². The molecule has 0 atom stereocenters. The molecule has 1 aromatic heterocycles. The van der Waals surface area contributed by atoms with E-state index >= 15 is 0 Å². The number of amides is 1. The van der Waals surface area contributed by atoms with Crippen LogP contribution in [0, 0.1) is 0 Å². The van der Waals surface area contributed by atoms with Gasteiger partial charge in [-0.25, -0.2) is 13.1 Å². The monoisotopic (exact) mass is 473 g/mol. The molecule has 10 heteroatoms. The number of nitrogens with zero attached hydrogens (tertiary/aromatic N) is 2. The molecular weight excluding hydrogens is 454 g/mol. The molecule has 166 valence electrons. The van der Waals surface area contributed by atoms with E-state index in [9.17, 15) is 13.2 Å². The average Bonchev–Trinajstić information content (AvgIpc) is 3.24. The number of carbonyl (C=O) groups excluding carboxylic acids is 1. The lowest BCUT2D eigenvalue weighted by molar-refractivity contribution is -0.111. The van der Waals surface area contributed by atoms with Crippen LogP contribution in [0.5, 0.6) is 11.5 Å². The van der Waals surface area contributed by atoms with E-state index in [0.717, 1.165) is 5.56 Å². The topological polar surface area (TPSA) is 99.5 Å². The Labute approximate surface area is 190 Å². The minimum atomic E-state index is -3.29. The maximum atomic E-state index is 12.7. The third-order valence-corrected chi connectivity index (χ3v) is 6.63. The van der Waals surface area contributed by atoms with Crippen molar-refractivity contribution in [2.75, 3.05) is 19.5 Å². The summed E-state index contributed by atoms with van der Waals surface area (Å²) < 4.78 is 36.2. The first-order chi connectivity index (χ1) is 15.3. The number of methoxy groups -OCH3 is 2. The Kier molecular flexibility index (Phi) is 5.94. The molecule has 0 unspecified atom stereocenters. The van der Waals surface area contributed by atoms with E-state index in [1.165, 1.54) is 17.9 Å². The number of anilines is 1. The van der Waals surface area contributed by atoms with Crippen molar-refractivity contribution < 1.29 is 22.7 Å². The number of rotatable bonds is 6. The molecule has 32 heavy (non-hydrogen) atoms. The van der Waals surface area contributed by atoms with Gasteiger partial charge in [-0.15, -0.1) is 0 Å². The van der Waals surface area contributed by atoms with Crippen molar-refractivity contribution in [1.29, 1.82) is 0 Å². The van der Waals surface area contributed by atoms with Crippen LogP contribution in [0.2, 0.25) is 5.02 Å². The molecular formula is C22H20ClN3O5S. The van der Waals surface area contributed by atoms with Crippen LogP contribution in [0.15, 0.2) is 48.5 Å². The van der Waals surface area contributed by atoms with Crippen molar-refractivity contribution >= 4 is 39.2 Å². The van der Waals surface area contributed by atoms with Crippen molar-refractivity contribution in [3.63, 3.8) is 0 Å². The van der Waals surface area contributed by atoms with E-state index < -0.39 is 15.7 Å². The molecule has 0 aliphatic carbocycles. The van der Waals surface area contributed by atoms with Crippen molar-refractivity contribution in [1.82, 2.24) is 9.78 Å². The summed E-state index contributed by atoms with van der Waals surface area (Å²) >= 11 is 5.97. The SMILES string of the molecule is COc1ccc(C=CC(=O)Nc2c3c(nn2-c2ccc(Cl)cc2)CS(=O)(=O)C3)cc1OC. The molecule has 0 saturated heterocycles. The van der Waals surface area contributed by atoms with Crippen molar-refractivity contribution in [2.45, 2.75) is 11.5 Å². The number of sulfone groups is 1. The lowest BCUT2D eigenvalue weighted by Crippen LogP contribution is -2.14. The number of ether oxygens (including phenoxy) is 2. The highest BCUT2D eigenvalue weighted by Crippen LogP contribution is 2.33. The number of hydrogen-bond donors (Lipinski definition) is 1. The standard InChI is InChI=1S/C22H20ClN3O5S/c1-30-19-9-3-14(11-20(19)31-2)4-10-21(27)24-22-17-12-32(28,29)13-18(17)25-26(22)16-7-5-15(23)6-8-16/h3-11H,12-13H2,1-2H3,(H,24,27). The summed E-state index contributed by atoms with van der Waals surface area (Å²) in [5, 5.41) is 7.76. The van der Waals surface area contributed by atoms with E-state index in [2.05, 4.69) is 10.4 Å². The molecule has 2 aromatic carbocycles. The third kappa shape index (κ3) is 4.49. The number of aromatic nitrogens is 2. The zero-order valence-electron chi connectivity index (χ0n) is 17.3. The molecule has 4 rings (SSSR count). The van der Waals surface area contributed by atoms with Crippen molar-refractivity contribution in [3.8, 4) is 17.2 Å². The lowest BCUT2D eigenvalue weighted by atomic mass is 10.2. The van der Waals surface area contributed by atoms with E-state index in [1.54, 1.807) is 55.7 Å². The van der Waals surface area contributed by atoms with E-state index in [-0.39, 0.29) is 11.5 Å². The van der Waals surface area contributed by atoms with Gasteiger partial charge in [0, 0.05) is 16.7 Å². The summed E-state index contributed by atoms with van der Waals surface area (Å²) in [6, 6.07) is 12.1. The molecule has 0 radical (unpaired) electrons. The first-order valence-corrected chi connectivity index (χ1v) is 11.8. The molecule has 2 heterocycles. The Balaban J connectivity index is 1.63. The second kappa shape index (κ2) is 8.68. The number of nitrogens with one attached hydrogen (secondary N) is 1. The van der Waals surface area contributed by atoms with Crippen LogP contribution in [0.3, 0.4) is 0 Å². The molecule has 1 amide bonds. The lowest BCUT2D eigenvalue weighted by Gasteiger charge is -2.10. The Morgan fingerprint density at radius 2 is 1.81 bits per heavy atom. The molecule has 0 fully saturated rings. The van der Waals surface area contributed by atoms with E-state index in [1.807, 2.05) is 0 Å². The summed E-state index contributed by atoms with van der Waals surface area (Å²) in [6.45, 7) is 0. The van der Waals surface area contributed by atoms with Gasteiger partial charge in [0.1, 0.15) is 5.82 Å². The average molecular weight is 474 g/mol. The van der Waals surface area contributed by atoms with Gasteiger partial charge < -0.3 is 14.8 Å². The van der Waals surface area contributed by atoms with Gasteiger partial charge in [0.05, 0.1) is 37.1 Å². The molecule has 1 N–H and O–H groups in total. The third-order valence-electron chi connectivity index (χ3n) is 4.94. The zero-order valence-corrected chi connectivity index (χ0v) is 18.9. The maximum Gasteiger partial charge on any atom is 0.249 e. The summed E-state index contributed by atoms with van der Waals surface area (Å²) in [7, 11) is -0.210. The van der Waals surface area contributed by atoms with Crippen LogP contribution in [-0.2, 0) is 26.1 Å². The minimum Gasteiger partial charge on any atom is -0.493 e. The predicted octanol–water partition coefficient (Wildman–Crippen LogP) is 3.62. The highest BCUT2D eigenvalue weighted by atomic mass is 35.5. The fourth-order valence-electron chi connectivity index (χ4n) is 3.43. The fraction of sp³-hybridized carbons (Fsp3) is 0.182. The second-order valence-electron chi connectivity index (χ2n) is 7.13. The largest absolute Gasteiger partial charge is 0.493 e. The summed E-state index contributed by atoms with van der Waals surface area (Å²) in [5.41, 5.74) is 2.31. The van der Waals surface area contributed by atoms with Gasteiger partial charge in [0.2, 0.25) is 5.91 Å². The van der Waals surface area contributed by atoms with E-state index in [0.29, 0.717) is 39.3 Å². The Morgan fingerprint density at radius 1 is 1.09 bits per heavy atom. The molecule has 0 bridgehead atoms. The second-order valence-corrected chi connectivity index (χ2v) is 9.63. The van der Waals surface area contributed by atoms with Gasteiger partial charge in [-0.05, 0) is 48.0 Å². The Bertz CT molecular complexity index is 1310. The van der Waals surface area contributed by atoms with Crippen LogP contribution in [0.4, 0.5) is 5.82 Å². The van der Waals surface area contributed by atoms with Gasteiger partial charge >= 0.3 is 0 Å². The fourth-order valence-corrected chi connectivity index (χ4v) is 5.05. The van der Waals surface area contributed by atoms with Gasteiger partial charge in [0.25, 0.3) is 0 Å². The molecule has 0 saturated carbocycles. The summed E-state index contributed by atoms with van der Waals surface area (Å²) in [6.07, 6.45) is 2.98. The van der Waals surface area contributed by atoms with Crippen LogP contribution < -0.4 is 14.8 Å². The summed E-state index contributed by atoms with van der Waals surface area (Å²) in [4.78, 5) is 12.7. The number of benzene rings is 2. The molecule has 8 nitrogen and oxygen atoms in total. The first-order valence-electron chi connectivity index (χ1n) is 9.58. The van der Waals surface area contributed by atoms with Crippen LogP contribution in [-0.4, -0.2) is 38.3 Å². The number of hydrogen-bond acceptors (Lipinski definition) is 6. The van der Waals surface area contributed by atoms with Crippen LogP contribution in [0.1, 0.15) is 16.8 Å². The van der Waals surface area contributed by atoms with E-state index in [4.69, 9.17) is 21.1 Å². The van der Waals surface area contributed by atoms with Crippen molar-refractivity contribution in [3.05, 3.63) is 70.4 Å². The minimum absolute atomic E-state index is 0.159. The number of carbonyl (C=O) groups is 1. The molecule has 1 aliphatic rings. The zero-order chi connectivity index (χ0) is 22.9. The predicted molar refractivity (Wildman–Crippen MR) is 122 cm³/mol. The van der Waals surface area contributed by atoms with Crippen molar-refractivity contribution in [2.24, 2.45) is 0 Å². The molecule has 0 spiro atoms. The molecule has 1 aliphatic heterocycles. The highest BCUT2D eigenvalue weighted by Gasteiger charge is 2.33. The van der Waals surface area contributed by atoms with Gasteiger partial charge in [-0.1, -0.05) is 17.7 Å². The van der Waals surface area contributed by atoms with Gasteiger partial charge in [0.15, 0.2) is 21.3 Å². The maximum absolute atomic E-state index is 12.7. The Morgan fingerprint density at radius 3 is 2.50 bits per heavy atom. The smallest absolute Gasteiger partial charge is 0.249 e. The number of halogens is 1. The summed E-state index contributed by atoms with van der Waals surface area (Å²) in [5.74, 6) is 0.682. The Hall–Kier alpha value is -3.30. The first kappa shape index (κ1) is 21.9.